The molecule has 1 heterocycles. The maximum atomic E-state index is 11.5. The van der Waals surface area contributed by atoms with Crippen molar-refractivity contribution in [3.8, 4) is 0 Å². The fourth-order valence-corrected chi connectivity index (χ4v) is 2.11. The summed E-state index contributed by atoms with van der Waals surface area (Å²) in [4.78, 5) is 13.1. The molecule has 1 amide bonds. The largest absolute Gasteiger partial charge is 0.339 e. The van der Waals surface area contributed by atoms with Gasteiger partial charge in [0.15, 0.2) is 9.84 Å². The van der Waals surface area contributed by atoms with Gasteiger partial charge in [-0.3, -0.25) is 4.79 Å². The number of hydrogen-bond acceptors (Lipinski definition) is 4. The van der Waals surface area contributed by atoms with Crippen molar-refractivity contribution in [3.05, 3.63) is 0 Å². The van der Waals surface area contributed by atoms with Gasteiger partial charge < -0.3 is 10.2 Å². The lowest BCUT2D eigenvalue weighted by molar-refractivity contribution is -0.129. The van der Waals surface area contributed by atoms with E-state index in [1.807, 2.05) is 6.92 Å². The number of hydrogen-bond donors (Lipinski definition) is 1. The first-order valence-corrected chi connectivity index (χ1v) is 6.63. The lowest BCUT2D eigenvalue weighted by Gasteiger charge is -2.31. The summed E-state index contributed by atoms with van der Waals surface area (Å²) in [7, 11) is -3.20. The lowest BCUT2D eigenvalue weighted by Crippen LogP contribution is -2.52. The number of amides is 1. The first kappa shape index (κ1) is 11.5. The SMILES string of the molecule is C[C@@H]1CN(C(=O)CS(C)(=O)=O)CCN1. The van der Waals surface area contributed by atoms with Gasteiger partial charge in [-0.25, -0.2) is 8.42 Å². The average Bonchev–Trinajstić information content (AvgIpc) is 2.01. The van der Waals surface area contributed by atoms with Crippen molar-refractivity contribution in [2.24, 2.45) is 0 Å². The lowest BCUT2D eigenvalue weighted by atomic mass is 10.2. The van der Waals surface area contributed by atoms with Crippen molar-refractivity contribution < 1.29 is 13.2 Å². The Morgan fingerprint density at radius 3 is 2.71 bits per heavy atom. The molecule has 82 valence electrons. The summed E-state index contributed by atoms with van der Waals surface area (Å²) in [6.45, 7) is 3.89. The van der Waals surface area contributed by atoms with E-state index in [2.05, 4.69) is 5.32 Å². The molecule has 1 fully saturated rings. The maximum Gasteiger partial charge on any atom is 0.237 e. The van der Waals surface area contributed by atoms with Crippen LogP contribution in [0.2, 0.25) is 0 Å². The van der Waals surface area contributed by atoms with Crippen molar-refractivity contribution >= 4 is 15.7 Å². The molecule has 1 aliphatic heterocycles. The van der Waals surface area contributed by atoms with Gasteiger partial charge in [-0.05, 0) is 6.92 Å². The van der Waals surface area contributed by atoms with E-state index in [1.54, 1.807) is 4.90 Å². The minimum Gasteiger partial charge on any atom is -0.339 e. The van der Waals surface area contributed by atoms with Gasteiger partial charge in [0, 0.05) is 31.9 Å². The van der Waals surface area contributed by atoms with Gasteiger partial charge in [-0.15, -0.1) is 0 Å². The van der Waals surface area contributed by atoms with E-state index in [1.165, 1.54) is 0 Å². The highest BCUT2D eigenvalue weighted by atomic mass is 32.2. The zero-order valence-corrected chi connectivity index (χ0v) is 9.30. The molecule has 5 nitrogen and oxygen atoms in total. The number of rotatable bonds is 2. The number of carbonyl (C=O) groups excluding carboxylic acids is 1. The van der Waals surface area contributed by atoms with Crippen LogP contribution in [0.25, 0.3) is 0 Å². The van der Waals surface area contributed by atoms with Crippen molar-refractivity contribution in [2.45, 2.75) is 13.0 Å². The second kappa shape index (κ2) is 4.27. The van der Waals surface area contributed by atoms with Crippen LogP contribution >= 0.6 is 0 Å². The first-order chi connectivity index (χ1) is 6.38. The van der Waals surface area contributed by atoms with Gasteiger partial charge in [0.05, 0.1) is 0 Å². The summed E-state index contributed by atoms with van der Waals surface area (Å²) >= 11 is 0. The number of nitrogens with one attached hydrogen (secondary N) is 1. The van der Waals surface area contributed by atoms with E-state index in [-0.39, 0.29) is 17.7 Å². The summed E-state index contributed by atoms with van der Waals surface area (Å²) in [6, 6.07) is 0.243. The van der Waals surface area contributed by atoms with Crippen molar-refractivity contribution in [3.63, 3.8) is 0 Å². The van der Waals surface area contributed by atoms with E-state index in [4.69, 9.17) is 0 Å². The second-order valence-electron chi connectivity index (χ2n) is 3.77. The molecule has 1 saturated heterocycles. The molecule has 0 saturated carbocycles. The van der Waals surface area contributed by atoms with Crippen molar-refractivity contribution in [1.29, 1.82) is 0 Å². The number of nitrogens with zero attached hydrogens (tertiary/aromatic N) is 1. The molecule has 1 N–H and O–H groups in total. The average molecular weight is 220 g/mol. The van der Waals surface area contributed by atoms with Gasteiger partial charge in [-0.1, -0.05) is 0 Å². The van der Waals surface area contributed by atoms with Gasteiger partial charge in [-0.2, -0.15) is 0 Å². The number of piperazine rings is 1. The zero-order valence-electron chi connectivity index (χ0n) is 8.49. The molecule has 14 heavy (non-hydrogen) atoms. The minimum atomic E-state index is -3.20. The highest BCUT2D eigenvalue weighted by Gasteiger charge is 2.22. The van der Waals surface area contributed by atoms with Crippen LogP contribution in [0.15, 0.2) is 0 Å². The Kier molecular flexibility index (Phi) is 3.49. The van der Waals surface area contributed by atoms with E-state index >= 15 is 0 Å². The van der Waals surface area contributed by atoms with Crippen molar-refractivity contribution in [1.82, 2.24) is 10.2 Å². The van der Waals surface area contributed by atoms with E-state index in [9.17, 15) is 13.2 Å². The Balaban J connectivity index is 2.52. The third kappa shape index (κ3) is 3.63. The summed E-state index contributed by atoms with van der Waals surface area (Å²) in [5, 5.41) is 3.19. The third-order valence-electron chi connectivity index (χ3n) is 2.11. The molecule has 0 aromatic carbocycles. The predicted molar refractivity (Wildman–Crippen MR) is 53.8 cm³/mol. The van der Waals surface area contributed by atoms with Crippen LogP contribution in [-0.2, 0) is 14.6 Å². The monoisotopic (exact) mass is 220 g/mol. The second-order valence-corrected chi connectivity index (χ2v) is 5.91. The maximum absolute atomic E-state index is 11.5. The van der Waals surface area contributed by atoms with Crippen LogP contribution < -0.4 is 5.32 Å². The normalized spacial score (nSPS) is 23.6. The molecule has 0 aromatic heterocycles. The first-order valence-electron chi connectivity index (χ1n) is 4.57. The molecule has 1 aliphatic rings. The summed E-state index contributed by atoms with van der Waals surface area (Å²) in [6.07, 6.45) is 1.08. The summed E-state index contributed by atoms with van der Waals surface area (Å²) in [5.74, 6) is -0.666. The van der Waals surface area contributed by atoms with E-state index < -0.39 is 9.84 Å². The van der Waals surface area contributed by atoms with Crippen LogP contribution in [0.5, 0.6) is 0 Å². The Hall–Kier alpha value is -0.620. The molecule has 1 atom stereocenters. The Labute approximate surface area is 84.4 Å². The molecular weight excluding hydrogens is 204 g/mol. The van der Waals surface area contributed by atoms with Gasteiger partial charge in [0.1, 0.15) is 5.75 Å². The van der Waals surface area contributed by atoms with Gasteiger partial charge >= 0.3 is 0 Å². The summed E-state index contributed by atoms with van der Waals surface area (Å²) in [5.41, 5.74) is 0. The van der Waals surface area contributed by atoms with Gasteiger partial charge in [0.2, 0.25) is 5.91 Å². The standard InChI is InChI=1S/C8H16N2O3S/c1-7-5-10(4-3-9-7)8(11)6-14(2,12)13/h7,9H,3-6H2,1-2H3/t7-/m1/s1. The quantitative estimate of drug-likeness (QED) is 0.638. The topological polar surface area (TPSA) is 66.5 Å². The van der Waals surface area contributed by atoms with Crippen molar-refractivity contribution in [2.75, 3.05) is 31.6 Å². The molecule has 0 unspecified atom stereocenters. The third-order valence-corrected chi connectivity index (χ3v) is 2.88. The van der Waals surface area contributed by atoms with Crippen LogP contribution in [0.4, 0.5) is 0 Å². The van der Waals surface area contributed by atoms with E-state index in [0.29, 0.717) is 13.1 Å². The van der Waals surface area contributed by atoms with Crippen LogP contribution in [0.1, 0.15) is 6.92 Å². The van der Waals surface area contributed by atoms with Crippen LogP contribution in [0, 0.1) is 0 Å². The zero-order chi connectivity index (χ0) is 10.8. The highest BCUT2D eigenvalue weighted by molar-refractivity contribution is 7.91. The minimum absolute atomic E-state index is 0.243. The molecule has 0 radical (unpaired) electrons. The Morgan fingerprint density at radius 1 is 1.57 bits per heavy atom. The Bertz CT molecular complexity index is 313. The predicted octanol–water partition coefficient (Wildman–Crippen LogP) is -1.15. The summed E-state index contributed by atoms with van der Waals surface area (Å²) < 4.78 is 21.8. The molecule has 0 aromatic rings. The highest BCUT2D eigenvalue weighted by Crippen LogP contribution is 2.00. The molecule has 0 bridgehead atoms. The fraction of sp³-hybridized carbons (Fsp3) is 0.875. The van der Waals surface area contributed by atoms with Gasteiger partial charge in [0.25, 0.3) is 0 Å². The van der Waals surface area contributed by atoms with Crippen LogP contribution in [-0.4, -0.2) is 56.9 Å². The smallest absolute Gasteiger partial charge is 0.237 e. The fourth-order valence-electron chi connectivity index (χ4n) is 1.47. The Morgan fingerprint density at radius 2 is 2.21 bits per heavy atom. The van der Waals surface area contributed by atoms with E-state index in [0.717, 1.165) is 12.8 Å². The molecular formula is C8H16N2O3S. The molecule has 1 rings (SSSR count). The van der Waals surface area contributed by atoms with Crippen LogP contribution in [0.3, 0.4) is 0 Å². The molecule has 0 spiro atoms. The number of carbonyl (C=O) groups is 1. The number of sulfone groups is 1. The molecule has 6 heteroatoms. The molecule has 0 aliphatic carbocycles.